The fourth-order valence-corrected chi connectivity index (χ4v) is 8.21. The van der Waals surface area contributed by atoms with Gasteiger partial charge in [-0.3, -0.25) is 0 Å². The summed E-state index contributed by atoms with van der Waals surface area (Å²) in [7, 11) is -2.45. The molecule has 0 amide bonds. The topological polar surface area (TPSA) is 86.8 Å². The highest BCUT2D eigenvalue weighted by Gasteiger charge is 2.50. The van der Waals surface area contributed by atoms with E-state index in [-0.39, 0.29) is 11.6 Å². The molecule has 3 N–H and O–H groups in total. The third-order valence-electron chi connectivity index (χ3n) is 5.14. The number of aromatic nitrogens is 4. The van der Waals surface area contributed by atoms with Gasteiger partial charge < -0.3 is 19.5 Å². The van der Waals surface area contributed by atoms with Gasteiger partial charge >= 0.3 is 0 Å². The number of aliphatic hydroxyl groups excluding tert-OH is 1. The van der Waals surface area contributed by atoms with E-state index in [4.69, 9.17) is 9.53 Å². The number of hydrogen-bond donors (Lipinski definition) is 3. The summed E-state index contributed by atoms with van der Waals surface area (Å²) in [6.45, 7) is 7.43. The summed E-state index contributed by atoms with van der Waals surface area (Å²) in [5.74, 6) is 0. The molecule has 0 bridgehead atoms. The highest BCUT2D eigenvalue weighted by molar-refractivity contribution is 6.99. The molecule has 0 saturated heterocycles. The van der Waals surface area contributed by atoms with Crippen LogP contribution < -0.4 is 10.4 Å². The van der Waals surface area contributed by atoms with Gasteiger partial charge in [0.25, 0.3) is 8.32 Å². The zero-order valence-corrected chi connectivity index (χ0v) is 19.2. The molecule has 2 aromatic carbocycles. The number of benzene rings is 2. The molecule has 162 valence electrons. The van der Waals surface area contributed by atoms with Crippen molar-refractivity contribution in [3.05, 3.63) is 97.1 Å². The number of aromatic amines is 2. The first-order chi connectivity index (χ1) is 15.0. The van der Waals surface area contributed by atoms with Crippen molar-refractivity contribution < 1.29 is 9.53 Å². The molecule has 4 aromatic rings. The maximum absolute atomic E-state index is 8.36. The minimum atomic E-state index is -2.45. The van der Waals surface area contributed by atoms with Gasteiger partial charge in [0.2, 0.25) is 0 Å². The average molecular weight is 435 g/mol. The van der Waals surface area contributed by atoms with Crippen molar-refractivity contribution in [2.45, 2.75) is 39.0 Å². The summed E-state index contributed by atoms with van der Waals surface area (Å²) < 4.78 is 6.78. The van der Waals surface area contributed by atoms with Gasteiger partial charge in [-0.1, -0.05) is 81.4 Å². The molecule has 0 aliphatic carbocycles. The first-order valence-electron chi connectivity index (χ1n) is 10.3. The van der Waals surface area contributed by atoms with Crippen LogP contribution in [0.15, 0.2) is 85.7 Å². The number of hydrogen-bond acceptors (Lipinski definition) is 4. The molecule has 0 fully saturated rings. The van der Waals surface area contributed by atoms with Gasteiger partial charge in [0.1, 0.15) is 0 Å². The van der Waals surface area contributed by atoms with Crippen molar-refractivity contribution in [3.63, 3.8) is 0 Å². The van der Waals surface area contributed by atoms with Crippen molar-refractivity contribution >= 4 is 18.7 Å². The van der Waals surface area contributed by atoms with Crippen LogP contribution in [0, 0.1) is 0 Å². The largest absolute Gasteiger partial charge is 0.402 e. The molecule has 0 atom stereocenters. The maximum Gasteiger partial charge on any atom is 0.261 e. The van der Waals surface area contributed by atoms with Crippen LogP contribution in [0.3, 0.4) is 0 Å². The van der Waals surface area contributed by atoms with E-state index in [2.05, 4.69) is 101 Å². The molecule has 7 heteroatoms. The van der Waals surface area contributed by atoms with Crippen LogP contribution in [0.4, 0.5) is 0 Å². The summed E-state index contributed by atoms with van der Waals surface area (Å²) in [5, 5.41) is 10.9. The van der Waals surface area contributed by atoms with Crippen LogP contribution >= 0.6 is 0 Å². The van der Waals surface area contributed by atoms with Crippen molar-refractivity contribution in [2.24, 2.45) is 0 Å². The Morgan fingerprint density at radius 2 is 1.29 bits per heavy atom. The molecule has 0 saturated carbocycles. The lowest BCUT2D eigenvalue weighted by molar-refractivity contribution is 0.277. The fourth-order valence-electron chi connectivity index (χ4n) is 3.68. The number of rotatable bonds is 6. The number of nitrogens with zero attached hydrogens (tertiary/aromatic N) is 2. The van der Waals surface area contributed by atoms with E-state index in [9.17, 15) is 0 Å². The summed E-state index contributed by atoms with van der Waals surface area (Å²) in [6.07, 6.45) is 6.65. The molecule has 0 radical (unpaired) electrons. The minimum Gasteiger partial charge on any atom is -0.402 e. The number of aliphatic hydroxyl groups is 1. The second-order valence-electron chi connectivity index (χ2n) is 8.26. The first-order valence-corrected chi connectivity index (χ1v) is 12.2. The highest BCUT2D eigenvalue weighted by Crippen LogP contribution is 2.37. The molecule has 4 rings (SSSR count). The number of imidazole rings is 2. The highest BCUT2D eigenvalue weighted by atomic mass is 28.4. The first kappa shape index (κ1) is 22.7. The second kappa shape index (κ2) is 10.3. The lowest BCUT2D eigenvalue weighted by Gasteiger charge is -2.42. The number of H-pyrrole nitrogens is 2. The lowest BCUT2D eigenvalue weighted by atomic mass is 10.2. The van der Waals surface area contributed by atoms with E-state index in [1.165, 1.54) is 16.7 Å². The summed E-state index contributed by atoms with van der Waals surface area (Å²) in [4.78, 5) is 13.7. The molecule has 2 aromatic heterocycles. The van der Waals surface area contributed by atoms with Crippen molar-refractivity contribution in [1.82, 2.24) is 19.9 Å². The van der Waals surface area contributed by atoms with Gasteiger partial charge in [-0.15, -0.1) is 0 Å². The van der Waals surface area contributed by atoms with Crippen LogP contribution in [0.1, 0.15) is 32.2 Å². The summed E-state index contributed by atoms with van der Waals surface area (Å²) in [6, 6.07) is 21.4. The Labute approximate surface area is 184 Å². The van der Waals surface area contributed by atoms with E-state index < -0.39 is 8.32 Å². The van der Waals surface area contributed by atoms with E-state index in [1.807, 2.05) is 6.20 Å². The zero-order chi connectivity index (χ0) is 22.2. The normalized spacial score (nSPS) is 11.6. The molecular weight excluding hydrogens is 404 g/mol. The second-order valence-corrected chi connectivity index (χ2v) is 12.6. The molecule has 0 unspecified atom stereocenters. The minimum absolute atomic E-state index is 0.00424. The predicted molar refractivity (Wildman–Crippen MR) is 126 cm³/mol. The Kier molecular flexibility index (Phi) is 7.57. The third-order valence-corrected chi connectivity index (χ3v) is 10.1. The smallest absolute Gasteiger partial charge is 0.261 e. The van der Waals surface area contributed by atoms with Gasteiger partial charge in [-0.05, 0) is 15.4 Å². The lowest BCUT2D eigenvalue weighted by Crippen LogP contribution is -2.66. The van der Waals surface area contributed by atoms with Gasteiger partial charge in [0.15, 0.2) is 0 Å². The molecule has 6 nitrogen and oxygen atoms in total. The molecular formula is C24H30N4O2Si. The van der Waals surface area contributed by atoms with Crippen LogP contribution in [0.2, 0.25) is 5.04 Å². The zero-order valence-electron chi connectivity index (χ0n) is 18.2. The SMILES string of the molecule is CC(C)(C)[Si](OCc1cnc[nH]1)(c1ccccc1)c1ccccc1.OCc1cnc[nH]1. The van der Waals surface area contributed by atoms with Crippen LogP contribution in [0.25, 0.3) is 0 Å². The molecule has 31 heavy (non-hydrogen) atoms. The third kappa shape index (κ3) is 5.38. The van der Waals surface area contributed by atoms with Crippen molar-refractivity contribution in [1.29, 1.82) is 0 Å². The van der Waals surface area contributed by atoms with Gasteiger partial charge in [0.05, 0.1) is 49.6 Å². The molecule has 2 heterocycles. The van der Waals surface area contributed by atoms with Crippen molar-refractivity contribution in [2.75, 3.05) is 0 Å². The fraction of sp³-hybridized carbons (Fsp3) is 0.250. The van der Waals surface area contributed by atoms with Gasteiger partial charge in [-0.25, -0.2) is 9.97 Å². The molecule has 0 aliphatic heterocycles. The molecule has 0 aliphatic rings. The Morgan fingerprint density at radius 3 is 1.65 bits per heavy atom. The quantitative estimate of drug-likeness (QED) is 0.406. The summed E-state index contributed by atoms with van der Waals surface area (Å²) >= 11 is 0. The standard InChI is InChI=1S/C20H24N2OSi.C4H6N2O/c1-20(2,3)24(18-10-6-4-7-11-18,19-12-8-5-9-13-19)23-15-17-14-21-16-22-17;7-2-4-1-5-3-6-4/h4-14,16H,15H2,1-3H3,(H,21,22);1,3,7H,2H2,(H,5,6). The van der Waals surface area contributed by atoms with E-state index in [0.29, 0.717) is 6.61 Å². The summed E-state index contributed by atoms with van der Waals surface area (Å²) in [5.41, 5.74) is 1.75. The van der Waals surface area contributed by atoms with E-state index in [0.717, 1.165) is 11.4 Å². The van der Waals surface area contributed by atoms with Gasteiger partial charge in [-0.2, -0.15) is 0 Å². The average Bonchev–Trinajstić information content (AvgIpc) is 3.49. The van der Waals surface area contributed by atoms with Gasteiger partial charge in [0, 0.05) is 0 Å². The van der Waals surface area contributed by atoms with Crippen LogP contribution in [-0.2, 0) is 17.6 Å². The Morgan fingerprint density at radius 1 is 0.806 bits per heavy atom. The van der Waals surface area contributed by atoms with Crippen LogP contribution in [0.5, 0.6) is 0 Å². The van der Waals surface area contributed by atoms with Crippen LogP contribution in [-0.4, -0.2) is 33.4 Å². The van der Waals surface area contributed by atoms with E-state index in [1.54, 1.807) is 12.5 Å². The van der Waals surface area contributed by atoms with Crippen molar-refractivity contribution in [3.8, 4) is 0 Å². The predicted octanol–water partition coefficient (Wildman–Crippen LogP) is 3.39. The molecule has 0 spiro atoms. The Hall–Kier alpha value is -3.00. The number of nitrogens with one attached hydrogen (secondary N) is 2. The monoisotopic (exact) mass is 434 g/mol. The van der Waals surface area contributed by atoms with E-state index >= 15 is 0 Å². The Balaban J connectivity index is 0.000000330. The maximum atomic E-state index is 8.36. The Bertz CT molecular complexity index is 959.